The molecule has 0 radical (unpaired) electrons. The Hall–Kier alpha value is -1.64. The summed E-state index contributed by atoms with van der Waals surface area (Å²) in [7, 11) is 0. The van der Waals surface area contributed by atoms with Gasteiger partial charge in [-0.1, -0.05) is 0 Å². The van der Waals surface area contributed by atoms with Gasteiger partial charge in [-0.15, -0.1) is 0 Å². The van der Waals surface area contributed by atoms with Crippen LogP contribution in [0.15, 0.2) is 36.3 Å². The summed E-state index contributed by atoms with van der Waals surface area (Å²) in [6.07, 6.45) is 6.09. The molecule has 0 saturated carbocycles. The van der Waals surface area contributed by atoms with Crippen LogP contribution in [-0.2, 0) is 4.79 Å². The number of hydrogen-bond donors (Lipinski definition) is 0. The van der Waals surface area contributed by atoms with E-state index in [0.29, 0.717) is 13.0 Å². The Morgan fingerprint density at radius 1 is 1.50 bits per heavy atom. The molecular weight excluding hydrogens is 176 g/mol. The average Bonchev–Trinajstić information content (AvgIpc) is 2.18. The third-order valence-corrected chi connectivity index (χ3v) is 2.18. The fourth-order valence-corrected chi connectivity index (χ4v) is 1.60. The van der Waals surface area contributed by atoms with Crippen molar-refractivity contribution in [2.24, 2.45) is 0 Å². The summed E-state index contributed by atoms with van der Waals surface area (Å²) in [5.41, 5.74) is 2.07. The number of pyridine rings is 1. The molecule has 1 aliphatic rings. The van der Waals surface area contributed by atoms with Gasteiger partial charge in [0.1, 0.15) is 0 Å². The number of aromatic nitrogens is 1. The van der Waals surface area contributed by atoms with Crippen molar-refractivity contribution in [1.29, 1.82) is 0 Å². The number of ketones is 1. The minimum atomic E-state index is 0.258. The number of rotatable bonds is 1. The highest BCUT2D eigenvalue weighted by Crippen LogP contribution is 2.18. The zero-order valence-electron chi connectivity index (χ0n) is 8.10. The Morgan fingerprint density at radius 3 is 3.00 bits per heavy atom. The van der Waals surface area contributed by atoms with Crippen LogP contribution in [0.1, 0.15) is 13.3 Å². The number of anilines is 1. The molecule has 0 N–H and O–H groups in total. The van der Waals surface area contributed by atoms with Crippen molar-refractivity contribution < 1.29 is 4.79 Å². The first kappa shape index (κ1) is 8.94. The second kappa shape index (κ2) is 3.62. The van der Waals surface area contributed by atoms with Crippen molar-refractivity contribution in [2.45, 2.75) is 13.3 Å². The van der Waals surface area contributed by atoms with Gasteiger partial charge in [0.05, 0.1) is 18.4 Å². The number of Topliss-reactive ketones (excluding diaryl/α,β-unsaturated/α-hetero) is 1. The number of hydrogen-bond acceptors (Lipinski definition) is 3. The van der Waals surface area contributed by atoms with Crippen LogP contribution < -0.4 is 4.90 Å². The fourth-order valence-electron chi connectivity index (χ4n) is 1.60. The second-order valence-corrected chi connectivity index (χ2v) is 3.53. The summed E-state index contributed by atoms with van der Waals surface area (Å²) in [6, 6.07) is 3.83. The van der Waals surface area contributed by atoms with Crippen LogP contribution >= 0.6 is 0 Å². The van der Waals surface area contributed by atoms with Crippen molar-refractivity contribution in [2.75, 3.05) is 11.4 Å². The molecule has 0 bridgehead atoms. The number of carbonyl (C=O) groups excluding carboxylic acids is 1. The first-order chi connectivity index (χ1) is 6.75. The molecule has 1 aliphatic heterocycles. The molecule has 0 unspecified atom stereocenters. The van der Waals surface area contributed by atoms with Crippen LogP contribution in [0, 0.1) is 0 Å². The molecule has 3 nitrogen and oxygen atoms in total. The van der Waals surface area contributed by atoms with E-state index in [1.165, 1.54) is 0 Å². The summed E-state index contributed by atoms with van der Waals surface area (Å²) in [5.74, 6) is 0.258. The number of carbonyl (C=O) groups is 1. The maximum Gasteiger partial charge on any atom is 0.156 e. The van der Waals surface area contributed by atoms with Crippen molar-refractivity contribution in [3.8, 4) is 0 Å². The van der Waals surface area contributed by atoms with Crippen LogP contribution in [0.25, 0.3) is 0 Å². The molecule has 0 fully saturated rings. The lowest BCUT2D eigenvalue weighted by Crippen LogP contribution is -2.29. The quantitative estimate of drug-likeness (QED) is 0.673. The molecular formula is C11H12N2O. The normalized spacial score (nSPS) is 16.8. The molecule has 14 heavy (non-hydrogen) atoms. The highest BCUT2D eigenvalue weighted by molar-refractivity contribution is 5.87. The topological polar surface area (TPSA) is 33.2 Å². The van der Waals surface area contributed by atoms with E-state index in [4.69, 9.17) is 0 Å². The molecule has 0 aliphatic carbocycles. The fraction of sp³-hybridized carbons (Fsp3) is 0.273. The van der Waals surface area contributed by atoms with E-state index in [9.17, 15) is 4.79 Å². The molecule has 1 aromatic heterocycles. The van der Waals surface area contributed by atoms with Gasteiger partial charge in [-0.25, -0.2) is 0 Å². The summed E-state index contributed by atoms with van der Waals surface area (Å²) in [6.45, 7) is 2.43. The highest BCUT2D eigenvalue weighted by atomic mass is 16.1. The Morgan fingerprint density at radius 2 is 2.36 bits per heavy atom. The minimum Gasteiger partial charge on any atom is -0.339 e. The van der Waals surface area contributed by atoms with E-state index in [1.807, 2.05) is 30.2 Å². The molecule has 1 aromatic rings. The lowest BCUT2D eigenvalue weighted by molar-refractivity contribution is -0.117. The lowest BCUT2D eigenvalue weighted by Gasteiger charge is -2.24. The summed E-state index contributed by atoms with van der Waals surface area (Å²) in [5, 5.41) is 0. The van der Waals surface area contributed by atoms with Crippen LogP contribution in [0.4, 0.5) is 5.69 Å². The van der Waals surface area contributed by atoms with Gasteiger partial charge in [-0.2, -0.15) is 0 Å². The Labute approximate surface area is 83.1 Å². The van der Waals surface area contributed by atoms with Crippen LogP contribution in [0.3, 0.4) is 0 Å². The minimum absolute atomic E-state index is 0.258. The van der Waals surface area contributed by atoms with Crippen molar-refractivity contribution in [3.05, 3.63) is 36.3 Å². The molecule has 3 heteroatoms. The number of nitrogens with zero attached hydrogens (tertiary/aromatic N) is 2. The maximum atomic E-state index is 11.4. The van der Waals surface area contributed by atoms with E-state index in [-0.39, 0.29) is 5.78 Å². The van der Waals surface area contributed by atoms with Gasteiger partial charge in [-0.3, -0.25) is 9.78 Å². The largest absolute Gasteiger partial charge is 0.339 e. The lowest BCUT2D eigenvalue weighted by atomic mass is 10.1. The molecule has 0 aromatic carbocycles. The monoisotopic (exact) mass is 188 g/mol. The van der Waals surface area contributed by atoms with Crippen molar-refractivity contribution >= 4 is 11.5 Å². The Bertz CT molecular complexity index is 370. The van der Waals surface area contributed by atoms with Gasteiger partial charge in [0, 0.05) is 18.8 Å². The maximum absolute atomic E-state index is 11.4. The van der Waals surface area contributed by atoms with E-state index >= 15 is 0 Å². The second-order valence-electron chi connectivity index (χ2n) is 3.53. The molecule has 72 valence electrons. The van der Waals surface area contributed by atoms with Crippen molar-refractivity contribution in [1.82, 2.24) is 4.98 Å². The van der Waals surface area contributed by atoms with Gasteiger partial charge in [0.2, 0.25) is 0 Å². The highest BCUT2D eigenvalue weighted by Gasteiger charge is 2.15. The molecule has 0 spiro atoms. The van der Waals surface area contributed by atoms with Crippen LogP contribution in [0.5, 0.6) is 0 Å². The van der Waals surface area contributed by atoms with Gasteiger partial charge >= 0.3 is 0 Å². The molecule has 0 amide bonds. The molecule has 0 atom stereocenters. The first-order valence-corrected chi connectivity index (χ1v) is 4.61. The average molecular weight is 188 g/mol. The summed E-state index contributed by atoms with van der Waals surface area (Å²) >= 11 is 0. The van der Waals surface area contributed by atoms with Crippen molar-refractivity contribution in [3.63, 3.8) is 0 Å². The van der Waals surface area contributed by atoms with Gasteiger partial charge < -0.3 is 4.90 Å². The van der Waals surface area contributed by atoms with E-state index in [2.05, 4.69) is 4.98 Å². The molecule has 2 heterocycles. The van der Waals surface area contributed by atoms with Gasteiger partial charge in [0.15, 0.2) is 5.78 Å². The zero-order chi connectivity index (χ0) is 9.97. The summed E-state index contributed by atoms with van der Waals surface area (Å²) in [4.78, 5) is 17.3. The van der Waals surface area contributed by atoms with Crippen LogP contribution in [-0.4, -0.2) is 17.3 Å². The standard InChI is InChI=1S/C11H12N2O/c1-9-5-11(14)8-13(7-9)10-3-2-4-12-6-10/h2-4,6-7H,5,8H2,1H3. The van der Waals surface area contributed by atoms with E-state index in [0.717, 1.165) is 11.3 Å². The molecule has 2 rings (SSSR count). The Balaban J connectivity index is 2.28. The number of allylic oxidation sites excluding steroid dienone is 1. The predicted octanol–water partition coefficient (Wildman–Crippen LogP) is 1.76. The van der Waals surface area contributed by atoms with E-state index in [1.54, 1.807) is 12.4 Å². The van der Waals surface area contributed by atoms with Gasteiger partial charge in [-0.05, 0) is 24.6 Å². The Kier molecular flexibility index (Phi) is 2.31. The molecule has 0 saturated heterocycles. The summed E-state index contributed by atoms with van der Waals surface area (Å²) < 4.78 is 0. The third kappa shape index (κ3) is 1.82. The zero-order valence-corrected chi connectivity index (χ0v) is 8.10. The predicted molar refractivity (Wildman–Crippen MR) is 55.0 cm³/mol. The van der Waals surface area contributed by atoms with Crippen LogP contribution in [0.2, 0.25) is 0 Å². The van der Waals surface area contributed by atoms with Gasteiger partial charge in [0.25, 0.3) is 0 Å². The van der Waals surface area contributed by atoms with E-state index < -0.39 is 0 Å². The first-order valence-electron chi connectivity index (χ1n) is 4.61. The SMILES string of the molecule is CC1=CN(c2cccnc2)CC(=O)C1. The smallest absolute Gasteiger partial charge is 0.156 e. The third-order valence-electron chi connectivity index (χ3n) is 2.18.